The van der Waals surface area contributed by atoms with Gasteiger partial charge in [0.05, 0.1) is 17.6 Å². The summed E-state index contributed by atoms with van der Waals surface area (Å²) in [5.74, 6) is 0. The smallest absolute Gasteiger partial charge is 0.163 e. The van der Waals surface area contributed by atoms with Crippen molar-refractivity contribution in [3.05, 3.63) is 54.9 Å². The molecule has 0 saturated carbocycles. The summed E-state index contributed by atoms with van der Waals surface area (Å²) >= 11 is 0. The Kier molecular flexibility index (Phi) is 4.24. The Bertz CT molecular complexity index is 873. The number of hydrogen-bond acceptors (Lipinski definition) is 4. The molecule has 1 aliphatic rings. The minimum Gasteiger partial charge on any atom is -0.369 e. The lowest BCUT2D eigenvalue weighted by atomic mass is 10.2. The maximum absolute atomic E-state index is 4.63. The monoisotopic (exact) mass is 333 g/mol. The van der Waals surface area contributed by atoms with Gasteiger partial charge in [0.1, 0.15) is 0 Å². The van der Waals surface area contributed by atoms with Crippen molar-refractivity contribution >= 4 is 22.8 Å². The normalized spacial score (nSPS) is 15.6. The first kappa shape index (κ1) is 15.8. The molecule has 1 aliphatic heterocycles. The summed E-state index contributed by atoms with van der Waals surface area (Å²) in [6, 6.07) is 12.6. The number of anilines is 1. The number of benzene rings is 1. The Morgan fingerprint density at radius 1 is 1.00 bits per heavy atom. The number of aromatic nitrogens is 3. The van der Waals surface area contributed by atoms with E-state index < -0.39 is 0 Å². The summed E-state index contributed by atoms with van der Waals surface area (Å²) in [6.07, 6.45) is 3.61. The minimum absolute atomic E-state index is 0.861. The molecule has 0 unspecified atom stereocenters. The molecule has 1 aromatic carbocycles. The molecular weight excluding hydrogens is 310 g/mol. The van der Waals surface area contributed by atoms with E-state index in [4.69, 9.17) is 0 Å². The van der Waals surface area contributed by atoms with E-state index in [1.165, 1.54) is 5.69 Å². The number of rotatable bonds is 4. The first-order valence-electron chi connectivity index (χ1n) is 8.83. The molecule has 0 atom stereocenters. The highest BCUT2D eigenvalue weighted by atomic mass is 15.3. The zero-order valence-corrected chi connectivity index (χ0v) is 14.6. The average Bonchev–Trinajstić information content (AvgIpc) is 3.11. The lowest BCUT2D eigenvalue weighted by Crippen LogP contribution is -2.46. The second-order valence-corrected chi connectivity index (χ2v) is 6.35. The Labute approximate surface area is 148 Å². The van der Waals surface area contributed by atoms with Crippen molar-refractivity contribution < 1.29 is 0 Å². The molecular formula is C20H23N5. The van der Waals surface area contributed by atoms with E-state index in [0.29, 0.717) is 0 Å². The van der Waals surface area contributed by atoms with Gasteiger partial charge in [-0.05, 0) is 49.0 Å². The Morgan fingerprint density at radius 3 is 2.40 bits per heavy atom. The first-order chi connectivity index (χ1) is 12.3. The second kappa shape index (κ2) is 6.69. The van der Waals surface area contributed by atoms with Crippen molar-refractivity contribution in [3.63, 3.8) is 0 Å². The molecule has 4 rings (SSSR count). The van der Waals surface area contributed by atoms with Crippen LogP contribution in [0.1, 0.15) is 12.6 Å². The van der Waals surface area contributed by atoms with Gasteiger partial charge in [-0.3, -0.25) is 0 Å². The first-order valence-corrected chi connectivity index (χ1v) is 8.83. The van der Waals surface area contributed by atoms with Crippen molar-refractivity contribution in [2.75, 3.05) is 37.6 Å². The molecule has 0 bridgehead atoms. The summed E-state index contributed by atoms with van der Waals surface area (Å²) in [5, 5.41) is 5.54. The highest BCUT2D eigenvalue weighted by Gasteiger charge is 2.16. The molecule has 0 aliphatic carbocycles. The lowest BCUT2D eigenvalue weighted by molar-refractivity contribution is 0.271. The van der Waals surface area contributed by atoms with Gasteiger partial charge in [0.15, 0.2) is 5.65 Å². The van der Waals surface area contributed by atoms with Gasteiger partial charge in [0, 0.05) is 37.3 Å². The van der Waals surface area contributed by atoms with Crippen molar-refractivity contribution in [2.24, 2.45) is 0 Å². The molecule has 0 spiro atoms. The van der Waals surface area contributed by atoms with E-state index >= 15 is 0 Å². The fourth-order valence-corrected chi connectivity index (χ4v) is 3.35. The molecule has 3 aromatic rings. The summed E-state index contributed by atoms with van der Waals surface area (Å²) in [4.78, 5) is 9.57. The minimum atomic E-state index is 0.861. The number of fused-ring (bicyclic) bond motifs is 1. The van der Waals surface area contributed by atoms with Crippen LogP contribution in [0.25, 0.3) is 22.8 Å². The van der Waals surface area contributed by atoms with Crippen molar-refractivity contribution in [1.82, 2.24) is 19.7 Å². The Hall–Kier alpha value is -2.66. The molecule has 5 heteroatoms. The summed E-state index contributed by atoms with van der Waals surface area (Å²) in [5.41, 5.74) is 4.02. The number of likely N-dealkylation sites (N-methyl/N-ethyl adjacent to an activating group) is 1. The number of hydrogen-bond donors (Lipinski definition) is 0. The molecule has 1 saturated heterocycles. The van der Waals surface area contributed by atoms with Crippen LogP contribution < -0.4 is 4.90 Å². The molecule has 5 nitrogen and oxygen atoms in total. The van der Waals surface area contributed by atoms with Crippen LogP contribution in [-0.2, 0) is 0 Å². The highest BCUT2D eigenvalue weighted by Crippen LogP contribution is 2.22. The van der Waals surface area contributed by atoms with Gasteiger partial charge in [0.2, 0.25) is 0 Å². The van der Waals surface area contributed by atoms with Gasteiger partial charge in [-0.1, -0.05) is 13.5 Å². The largest absolute Gasteiger partial charge is 0.369 e. The van der Waals surface area contributed by atoms with Gasteiger partial charge in [-0.15, -0.1) is 0 Å². The molecule has 1 fully saturated rings. The predicted octanol–water partition coefficient (Wildman–Crippen LogP) is 3.21. The Morgan fingerprint density at radius 2 is 1.72 bits per heavy atom. The van der Waals surface area contributed by atoms with Gasteiger partial charge in [-0.25, -0.2) is 9.67 Å². The van der Waals surface area contributed by atoms with Crippen LogP contribution in [0.5, 0.6) is 0 Å². The average molecular weight is 333 g/mol. The Balaban J connectivity index is 1.59. The molecule has 2 aromatic heterocycles. The van der Waals surface area contributed by atoms with Crippen LogP contribution in [-0.4, -0.2) is 52.4 Å². The topological polar surface area (TPSA) is 37.2 Å². The van der Waals surface area contributed by atoms with Crippen LogP contribution in [0, 0.1) is 0 Å². The van der Waals surface area contributed by atoms with Crippen molar-refractivity contribution in [2.45, 2.75) is 6.92 Å². The van der Waals surface area contributed by atoms with Crippen LogP contribution in [0.15, 0.2) is 49.2 Å². The second-order valence-electron chi connectivity index (χ2n) is 6.35. The number of nitrogens with zero attached hydrogens (tertiary/aromatic N) is 5. The molecule has 3 heterocycles. The predicted molar refractivity (Wildman–Crippen MR) is 103 cm³/mol. The van der Waals surface area contributed by atoms with Crippen molar-refractivity contribution in [1.29, 1.82) is 0 Å². The van der Waals surface area contributed by atoms with Crippen LogP contribution in [0.4, 0.5) is 5.69 Å². The highest BCUT2D eigenvalue weighted by molar-refractivity contribution is 5.77. The number of pyridine rings is 1. The van der Waals surface area contributed by atoms with Gasteiger partial charge in [-0.2, -0.15) is 5.10 Å². The van der Waals surface area contributed by atoms with E-state index in [1.807, 2.05) is 23.0 Å². The maximum atomic E-state index is 4.63. The standard InChI is InChI=1S/C20H23N5/c1-3-17-6-5-16-15-21-25(20(16)22-17)19-9-7-18(8-10-19)24-13-11-23(4-2)12-14-24/h3,5-10,15H,1,4,11-14H2,2H3. The molecule has 25 heavy (non-hydrogen) atoms. The molecule has 0 amide bonds. The molecule has 0 N–H and O–H groups in total. The van der Waals surface area contributed by atoms with Crippen LogP contribution in [0.3, 0.4) is 0 Å². The van der Waals surface area contributed by atoms with E-state index in [-0.39, 0.29) is 0 Å². The quantitative estimate of drug-likeness (QED) is 0.735. The van der Waals surface area contributed by atoms with Crippen LogP contribution >= 0.6 is 0 Å². The third-order valence-corrected chi connectivity index (χ3v) is 4.93. The fourth-order valence-electron chi connectivity index (χ4n) is 3.35. The van der Waals surface area contributed by atoms with E-state index in [1.54, 1.807) is 6.08 Å². The third kappa shape index (κ3) is 3.03. The zero-order chi connectivity index (χ0) is 17.2. The third-order valence-electron chi connectivity index (χ3n) is 4.93. The SMILES string of the molecule is C=Cc1ccc2cnn(-c3ccc(N4CCN(CC)CC4)cc3)c2n1. The zero-order valence-electron chi connectivity index (χ0n) is 14.6. The van der Waals surface area contributed by atoms with Crippen LogP contribution in [0.2, 0.25) is 0 Å². The molecule has 128 valence electrons. The van der Waals surface area contributed by atoms with E-state index in [0.717, 1.165) is 55.1 Å². The summed E-state index contributed by atoms with van der Waals surface area (Å²) < 4.78 is 1.89. The fraction of sp³-hybridized carbons (Fsp3) is 0.300. The number of piperazine rings is 1. The van der Waals surface area contributed by atoms with Gasteiger partial charge < -0.3 is 9.80 Å². The summed E-state index contributed by atoms with van der Waals surface area (Å²) in [6.45, 7) is 11.6. The maximum Gasteiger partial charge on any atom is 0.163 e. The lowest BCUT2D eigenvalue weighted by Gasteiger charge is -2.35. The van der Waals surface area contributed by atoms with Gasteiger partial charge >= 0.3 is 0 Å². The van der Waals surface area contributed by atoms with E-state index in [9.17, 15) is 0 Å². The van der Waals surface area contributed by atoms with Gasteiger partial charge in [0.25, 0.3) is 0 Å². The molecule has 0 radical (unpaired) electrons. The van der Waals surface area contributed by atoms with E-state index in [2.05, 4.69) is 57.7 Å². The van der Waals surface area contributed by atoms with Crippen molar-refractivity contribution in [3.8, 4) is 5.69 Å². The summed E-state index contributed by atoms with van der Waals surface area (Å²) in [7, 11) is 0.